The van der Waals surface area contributed by atoms with Crippen LogP contribution in [0, 0.1) is 5.41 Å². The van der Waals surface area contributed by atoms with Gasteiger partial charge in [-0.15, -0.1) is 24.0 Å². The number of methoxy groups -OCH3 is 1. The van der Waals surface area contributed by atoms with Gasteiger partial charge in [-0.2, -0.15) is 0 Å². The summed E-state index contributed by atoms with van der Waals surface area (Å²) < 4.78 is 11.0. The molecule has 6 nitrogen and oxygen atoms in total. The number of aliphatic hydroxyl groups is 1. The highest BCUT2D eigenvalue weighted by Crippen LogP contribution is 2.35. The second-order valence-electron chi connectivity index (χ2n) is 7.38. The largest absolute Gasteiger partial charge is 0.493 e. The van der Waals surface area contributed by atoms with Crippen LogP contribution in [0.1, 0.15) is 52.0 Å². The Kier molecular flexibility index (Phi) is 11.0. The van der Waals surface area contributed by atoms with Gasteiger partial charge in [-0.1, -0.05) is 25.8 Å². The predicted octanol–water partition coefficient (Wildman–Crippen LogP) is 3.71. The zero-order chi connectivity index (χ0) is 19.7. The van der Waals surface area contributed by atoms with Crippen LogP contribution in [0.2, 0.25) is 0 Å². The Labute approximate surface area is 186 Å². The molecule has 2 unspecified atom stereocenters. The average molecular weight is 505 g/mol. The van der Waals surface area contributed by atoms with Crippen LogP contribution in [-0.2, 0) is 6.54 Å². The fourth-order valence-corrected chi connectivity index (χ4v) is 3.47. The van der Waals surface area contributed by atoms with Crippen molar-refractivity contribution in [3.05, 3.63) is 23.8 Å². The molecular formula is C21H36IN3O3. The van der Waals surface area contributed by atoms with Gasteiger partial charge in [-0.3, -0.25) is 0 Å². The summed E-state index contributed by atoms with van der Waals surface area (Å²) in [5.74, 6) is 2.24. The van der Waals surface area contributed by atoms with Crippen LogP contribution in [0.4, 0.5) is 0 Å². The molecule has 0 aliphatic heterocycles. The lowest BCUT2D eigenvalue weighted by Gasteiger charge is -2.38. The van der Waals surface area contributed by atoms with Crippen LogP contribution < -0.4 is 20.1 Å². The van der Waals surface area contributed by atoms with E-state index in [1.165, 1.54) is 6.42 Å². The van der Waals surface area contributed by atoms with Crippen LogP contribution >= 0.6 is 24.0 Å². The monoisotopic (exact) mass is 505 g/mol. The number of hydrogen-bond donors (Lipinski definition) is 3. The first-order chi connectivity index (χ1) is 13.0. The fraction of sp³-hybridized carbons (Fsp3) is 0.667. The number of halogens is 1. The lowest BCUT2D eigenvalue weighted by atomic mass is 9.73. The molecule has 0 bridgehead atoms. The zero-order valence-electron chi connectivity index (χ0n) is 17.6. The zero-order valence-corrected chi connectivity index (χ0v) is 19.9. The van der Waals surface area contributed by atoms with Gasteiger partial charge < -0.3 is 25.2 Å². The number of nitrogens with zero attached hydrogens (tertiary/aromatic N) is 1. The van der Waals surface area contributed by atoms with Crippen LogP contribution in [-0.4, -0.2) is 44.0 Å². The Morgan fingerprint density at radius 2 is 2.04 bits per heavy atom. The van der Waals surface area contributed by atoms with Crippen molar-refractivity contribution in [2.75, 3.05) is 26.8 Å². The fourth-order valence-electron chi connectivity index (χ4n) is 3.47. The summed E-state index contributed by atoms with van der Waals surface area (Å²) in [4.78, 5) is 4.70. The molecule has 7 heteroatoms. The Morgan fingerprint density at radius 1 is 1.25 bits per heavy atom. The van der Waals surface area contributed by atoms with Crippen molar-refractivity contribution in [1.82, 2.24) is 10.6 Å². The summed E-state index contributed by atoms with van der Waals surface area (Å²) in [5.41, 5.74) is 0.955. The molecule has 1 aliphatic carbocycles. The standard InChI is InChI=1S/C21H35N3O3.HI/c1-5-22-20(24-15-21(3)12-8-7-9-19(21)25)23-14-16-10-11-17(26-4)18(13-16)27-6-2;/h10-11,13,19,25H,5-9,12,14-15H2,1-4H3,(H2,22,23,24);1H. The SMILES string of the molecule is CCNC(=NCc1ccc(OC)c(OCC)c1)NCC1(C)CCCCC1O.I. The molecule has 0 radical (unpaired) electrons. The second-order valence-corrected chi connectivity index (χ2v) is 7.38. The molecule has 0 aromatic heterocycles. The quantitative estimate of drug-likeness (QED) is 0.286. The topological polar surface area (TPSA) is 75.1 Å². The van der Waals surface area contributed by atoms with Crippen LogP contribution in [0.25, 0.3) is 0 Å². The molecule has 160 valence electrons. The summed E-state index contributed by atoms with van der Waals surface area (Å²) in [7, 11) is 1.64. The summed E-state index contributed by atoms with van der Waals surface area (Å²) in [6.45, 7) is 8.80. The molecule has 28 heavy (non-hydrogen) atoms. The van der Waals surface area contributed by atoms with E-state index in [-0.39, 0.29) is 35.5 Å². The highest BCUT2D eigenvalue weighted by atomic mass is 127. The Balaban J connectivity index is 0.00000392. The first-order valence-corrected chi connectivity index (χ1v) is 10.0. The second kappa shape index (κ2) is 12.4. The molecule has 0 amide bonds. The molecular weight excluding hydrogens is 469 g/mol. The van der Waals surface area contributed by atoms with E-state index in [2.05, 4.69) is 24.5 Å². The summed E-state index contributed by atoms with van der Waals surface area (Å²) in [6.07, 6.45) is 3.96. The van der Waals surface area contributed by atoms with Gasteiger partial charge in [0.2, 0.25) is 0 Å². The third-order valence-corrected chi connectivity index (χ3v) is 5.23. The van der Waals surface area contributed by atoms with E-state index < -0.39 is 0 Å². The molecule has 1 aliphatic rings. The lowest BCUT2D eigenvalue weighted by molar-refractivity contribution is 0.00397. The van der Waals surface area contributed by atoms with Gasteiger partial charge in [0.1, 0.15) is 0 Å². The number of nitrogens with one attached hydrogen (secondary N) is 2. The van der Waals surface area contributed by atoms with Crippen LogP contribution in [0.5, 0.6) is 11.5 Å². The third kappa shape index (κ3) is 6.99. The minimum absolute atomic E-state index is 0. The van der Waals surface area contributed by atoms with Gasteiger partial charge in [-0.25, -0.2) is 4.99 Å². The van der Waals surface area contributed by atoms with Crippen molar-refractivity contribution in [3.63, 3.8) is 0 Å². The molecule has 0 heterocycles. The number of ether oxygens (including phenoxy) is 2. The van der Waals surface area contributed by atoms with Gasteiger partial charge in [0.25, 0.3) is 0 Å². The van der Waals surface area contributed by atoms with Gasteiger partial charge in [-0.05, 0) is 44.4 Å². The Bertz CT molecular complexity index is 627. The molecule has 1 aromatic carbocycles. The average Bonchev–Trinajstić information content (AvgIpc) is 2.67. The number of rotatable bonds is 8. The number of aliphatic imine (C=N–C) groups is 1. The number of benzene rings is 1. The number of guanidine groups is 1. The Morgan fingerprint density at radius 3 is 2.68 bits per heavy atom. The van der Waals surface area contributed by atoms with Gasteiger partial charge in [0, 0.05) is 18.5 Å². The predicted molar refractivity (Wildman–Crippen MR) is 125 cm³/mol. The van der Waals surface area contributed by atoms with Crippen molar-refractivity contribution in [2.45, 2.75) is 59.1 Å². The van der Waals surface area contributed by atoms with E-state index in [0.717, 1.165) is 48.8 Å². The molecule has 1 fully saturated rings. The molecule has 0 spiro atoms. The van der Waals surface area contributed by atoms with Gasteiger partial charge in [0.05, 0.1) is 26.4 Å². The van der Waals surface area contributed by atoms with E-state index in [9.17, 15) is 5.11 Å². The first kappa shape index (κ1) is 24.8. The van der Waals surface area contributed by atoms with Crippen molar-refractivity contribution in [1.29, 1.82) is 0 Å². The minimum atomic E-state index is -0.253. The van der Waals surface area contributed by atoms with E-state index in [0.29, 0.717) is 19.7 Å². The maximum Gasteiger partial charge on any atom is 0.191 e. The highest BCUT2D eigenvalue weighted by Gasteiger charge is 2.35. The third-order valence-electron chi connectivity index (χ3n) is 5.23. The summed E-state index contributed by atoms with van der Waals surface area (Å²) in [5, 5.41) is 17.1. The molecule has 2 atom stereocenters. The molecule has 2 rings (SSSR count). The highest BCUT2D eigenvalue weighted by molar-refractivity contribution is 14.0. The van der Waals surface area contributed by atoms with Crippen molar-refractivity contribution in [2.24, 2.45) is 10.4 Å². The lowest BCUT2D eigenvalue weighted by Crippen LogP contribution is -2.48. The molecule has 3 N–H and O–H groups in total. The summed E-state index contributed by atoms with van der Waals surface area (Å²) in [6, 6.07) is 5.89. The number of aliphatic hydroxyl groups excluding tert-OH is 1. The van der Waals surface area contributed by atoms with Gasteiger partial charge in [0.15, 0.2) is 17.5 Å². The van der Waals surface area contributed by atoms with Gasteiger partial charge >= 0.3 is 0 Å². The van der Waals surface area contributed by atoms with E-state index in [4.69, 9.17) is 14.5 Å². The minimum Gasteiger partial charge on any atom is -0.493 e. The maximum absolute atomic E-state index is 10.4. The smallest absolute Gasteiger partial charge is 0.191 e. The van der Waals surface area contributed by atoms with Crippen molar-refractivity contribution < 1.29 is 14.6 Å². The summed E-state index contributed by atoms with van der Waals surface area (Å²) >= 11 is 0. The van der Waals surface area contributed by atoms with Crippen LogP contribution in [0.15, 0.2) is 23.2 Å². The normalized spacial score (nSPS) is 22.2. The molecule has 1 aromatic rings. The van der Waals surface area contributed by atoms with E-state index in [1.54, 1.807) is 7.11 Å². The van der Waals surface area contributed by atoms with E-state index >= 15 is 0 Å². The van der Waals surface area contributed by atoms with Crippen molar-refractivity contribution >= 4 is 29.9 Å². The van der Waals surface area contributed by atoms with Crippen LogP contribution in [0.3, 0.4) is 0 Å². The van der Waals surface area contributed by atoms with E-state index in [1.807, 2.05) is 25.1 Å². The molecule has 0 saturated heterocycles. The number of hydrogen-bond acceptors (Lipinski definition) is 4. The Hall–Kier alpha value is -1.22. The van der Waals surface area contributed by atoms with Crippen molar-refractivity contribution in [3.8, 4) is 11.5 Å². The maximum atomic E-state index is 10.4. The first-order valence-electron chi connectivity index (χ1n) is 10.0. The molecule has 1 saturated carbocycles.